The first-order valence-corrected chi connectivity index (χ1v) is 15.4. The van der Waals surface area contributed by atoms with Crippen molar-refractivity contribution < 1.29 is 29.1 Å². The highest BCUT2D eigenvalue weighted by Gasteiger charge is 2.64. The molecule has 4 saturated heterocycles. The molecule has 4 aliphatic rings. The summed E-state index contributed by atoms with van der Waals surface area (Å²) in [4.78, 5) is 65.8. The highest BCUT2D eigenvalue weighted by molar-refractivity contribution is 8.01. The smallest absolute Gasteiger partial charge is 0.342 e. The summed E-state index contributed by atoms with van der Waals surface area (Å²) >= 11 is 1.36. The summed E-state index contributed by atoms with van der Waals surface area (Å²) in [5.74, 6) is -1.87. The molecule has 44 heavy (non-hydrogen) atoms. The fourth-order valence-electron chi connectivity index (χ4n) is 6.34. The highest BCUT2D eigenvalue weighted by Crippen LogP contribution is 2.50. The van der Waals surface area contributed by atoms with Gasteiger partial charge in [0.05, 0.1) is 25.0 Å². The van der Waals surface area contributed by atoms with Crippen LogP contribution in [0.25, 0.3) is 0 Å². The number of anilines is 1. The molecular formula is C31H36N6O6S. The molecular weight excluding hydrogens is 584 g/mol. The molecule has 6 amide bonds. The Hall–Kier alpha value is -4.10. The lowest BCUT2D eigenvalue weighted by atomic mass is 9.85. The van der Waals surface area contributed by atoms with E-state index in [1.165, 1.54) is 32.1 Å². The standard InChI is InChI=1S/C31H36N6O6S/c1-30(2,3)18-11-9-17(10-12-18)22-20-15-35(29(43)37(20)34-22)28(42)32-19-8-6-7-16(13-19)14-21(38)33-23-25(39)36-24(27(40)41)31(4,5)44-26(23)36/h6-13,20,22-24,26,34H,14-15H2,1-5H3,(H,32,42)(H,33,38)(H,40,41)/t20?,22?,23-,24+,26-/m1/s1. The molecule has 4 fully saturated rings. The molecule has 4 aliphatic heterocycles. The van der Waals surface area contributed by atoms with E-state index in [2.05, 4.69) is 61.1 Å². The van der Waals surface area contributed by atoms with Crippen LogP contribution >= 0.6 is 11.8 Å². The van der Waals surface area contributed by atoms with Crippen molar-refractivity contribution in [2.24, 2.45) is 0 Å². The number of hydrogen-bond acceptors (Lipinski definition) is 7. The molecule has 4 heterocycles. The number of rotatable bonds is 6. The molecule has 0 spiro atoms. The van der Waals surface area contributed by atoms with E-state index >= 15 is 0 Å². The normalized spacial score (nSPS) is 26.8. The molecule has 12 nitrogen and oxygen atoms in total. The molecule has 2 aromatic carbocycles. The highest BCUT2D eigenvalue weighted by atomic mass is 32.2. The van der Waals surface area contributed by atoms with Gasteiger partial charge in [-0.3, -0.25) is 14.6 Å². The summed E-state index contributed by atoms with van der Waals surface area (Å²) in [6, 6.07) is 12.0. The van der Waals surface area contributed by atoms with E-state index < -0.39 is 52.1 Å². The van der Waals surface area contributed by atoms with E-state index in [1.54, 1.807) is 38.1 Å². The summed E-state index contributed by atoms with van der Waals surface area (Å²) < 4.78 is -0.680. The summed E-state index contributed by atoms with van der Waals surface area (Å²) in [5.41, 5.74) is 6.49. The maximum atomic E-state index is 13.1. The lowest BCUT2D eigenvalue weighted by Crippen LogP contribution is -2.70. The molecule has 0 bridgehead atoms. The lowest BCUT2D eigenvalue weighted by Gasteiger charge is -2.43. The van der Waals surface area contributed by atoms with Crippen LogP contribution in [0.3, 0.4) is 0 Å². The second-order valence-electron chi connectivity index (χ2n) is 13.3. The van der Waals surface area contributed by atoms with E-state index in [0.29, 0.717) is 11.3 Å². The van der Waals surface area contributed by atoms with Crippen molar-refractivity contribution in [3.05, 3.63) is 65.2 Å². The molecule has 2 aromatic rings. The summed E-state index contributed by atoms with van der Waals surface area (Å²) in [6.07, 6.45) is -0.0469. The van der Waals surface area contributed by atoms with Crippen LogP contribution in [0.4, 0.5) is 15.3 Å². The van der Waals surface area contributed by atoms with Crippen molar-refractivity contribution in [2.45, 2.75) is 80.7 Å². The maximum absolute atomic E-state index is 13.1. The van der Waals surface area contributed by atoms with E-state index in [1.807, 2.05) is 0 Å². The van der Waals surface area contributed by atoms with Crippen LogP contribution in [0.15, 0.2) is 48.5 Å². The first-order chi connectivity index (χ1) is 20.7. The average molecular weight is 621 g/mol. The molecule has 0 saturated carbocycles. The Morgan fingerprint density at radius 3 is 2.45 bits per heavy atom. The van der Waals surface area contributed by atoms with Gasteiger partial charge in [0.15, 0.2) is 0 Å². The summed E-state index contributed by atoms with van der Waals surface area (Å²) in [6.45, 7) is 10.2. The Bertz CT molecular complexity index is 1560. The van der Waals surface area contributed by atoms with Crippen molar-refractivity contribution in [3.8, 4) is 0 Å². The Labute approximate surface area is 259 Å². The number of benzene rings is 2. The largest absolute Gasteiger partial charge is 0.480 e. The predicted octanol–water partition coefficient (Wildman–Crippen LogP) is 3.06. The number of nitrogens with one attached hydrogen (secondary N) is 3. The summed E-state index contributed by atoms with van der Waals surface area (Å²) in [7, 11) is 0. The number of hydrogen-bond donors (Lipinski definition) is 4. The Kier molecular flexibility index (Phi) is 7.16. The van der Waals surface area contributed by atoms with Crippen LogP contribution in [0.5, 0.6) is 0 Å². The van der Waals surface area contributed by atoms with Crippen LogP contribution < -0.4 is 16.1 Å². The van der Waals surface area contributed by atoms with Crippen molar-refractivity contribution in [2.75, 3.05) is 11.9 Å². The minimum Gasteiger partial charge on any atom is -0.480 e. The fourth-order valence-corrected chi connectivity index (χ4v) is 7.97. The quantitative estimate of drug-likeness (QED) is 0.360. The van der Waals surface area contributed by atoms with Gasteiger partial charge in [-0.05, 0) is 48.1 Å². The van der Waals surface area contributed by atoms with Gasteiger partial charge in [0.1, 0.15) is 17.5 Å². The number of thioether (sulfide) groups is 1. The fraction of sp³-hybridized carbons (Fsp3) is 0.452. The van der Waals surface area contributed by atoms with Crippen LogP contribution in [0, 0.1) is 0 Å². The number of aliphatic carboxylic acids is 1. The molecule has 0 aromatic heterocycles. The van der Waals surface area contributed by atoms with Gasteiger partial charge in [0.25, 0.3) is 0 Å². The zero-order valence-corrected chi connectivity index (χ0v) is 26.0. The topological polar surface area (TPSA) is 151 Å². The lowest BCUT2D eigenvalue weighted by molar-refractivity contribution is -0.161. The zero-order valence-electron chi connectivity index (χ0n) is 25.2. The van der Waals surface area contributed by atoms with Gasteiger partial charge in [-0.2, -0.15) is 0 Å². The second-order valence-corrected chi connectivity index (χ2v) is 15.0. The predicted molar refractivity (Wildman–Crippen MR) is 164 cm³/mol. The van der Waals surface area contributed by atoms with Crippen LogP contribution in [0.2, 0.25) is 0 Å². The van der Waals surface area contributed by atoms with Crippen molar-refractivity contribution >= 4 is 47.3 Å². The van der Waals surface area contributed by atoms with Gasteiger partial charge in [-0.25, -0.2) is 24.7 Å². The Morgan fingerprint density at radius 1 is 1.09 bits per heavy atom. The molecule has 4 N–H and O–H groups in total. The first-order valence-electron chi connectivity index (χ1n) is 14.5. The molecule has 2 unspecified atom stereocenters. The SMILES string of the molecule is CC(C)(C)c1ccc(C2NN3C(=O)N(C(=O)Nc4cccc(CC(=O)N[C@@H]5C(=O)N6[C@@H]5SC(C)(C)[C@@H]6C(=O)O)c4)CC23)cc1. The number of carboxylic acids is 1. The maximum Gasteiger partial charge on any atom is 0.342 e. The first kappa shape index (κ1) is 29.9. The van der Waals surface area contributed by atoms with Crippen molar-refractivity contribution in [3.63, 3.8) is 0 Å². The third-order valence-corrected chi connectivity index (χ3v) is 10.3. The van der Waals surface area contributed by atoms with Crippen molar-refractivity contribution in [1.29, 1.82) is 0 Å². The van der Waals surface area contributed by atoms with E-state index in [0.717, 1.165) is 5.56 Å². The van der Waals surface area contributed by atoms with Crippen LogP contribution in [-0.4, -0.2) is 84.6 Å². The van der Waals surface area contributed by atoms with Gasteiger partial charge in [-0.15, -0.1) is 11.8 Å². The third kappa shape index (κ3) is 5.07. The number of nitrogens with zero attached hydrogens (tertiary/aromatic N) is 3. The second kappa shape index (κ2) is 10.5. The monoisotopic (exact) mass is 620 g/mol. The Balaban J connectivity index is 1.04. The number of β-lactam (4-membered cyclic amide) rings is 1. The van der Waals surface area contributed by atoms with E-state index in [-0.39, 0.29) is 30.5 Å². The van der Waals surface area contributed by atoms with Gasteiger partial charge >= 0.3 is 18.0 Å². The minimum absolute atomic E-state index is 0.0358. The van der Waals surface area contributed by atoms with Gasteiger partial charge < -0.3 is 20.6 Å². The molecule has 6 rings (SSSR count). The van der Waals surface area contributed by atoms with E-state index in [9.17, 15) is 29.1 Å². The molecule has 5 atom stereocenters. The van der Waals surface area contributed by atoms with Gasteiger partial charge in [0.2, 0.25) is 11.8 Å². The van der Waals surface area contributed by atoms with Gasteiger partial charge in [-0.1, -0.05) is 57.2 Å². The number of carbonyl (C=O) groups excluding carboxylic acids is 4. The summed E-state index contributed by atoms with van der Waals surface area (Å²) in [5, 5.41) is 16.1. The van der Waals surface area contributed by atoms with Gasteiger partial charge in [0, 0.05) is 10.4 Å². The number of hydrazine groups is 1. The van der Waals surface area contributed by atoms with E-state index in [4.69, 9.17) is 0 Å². The number of carboxylic acid groups (broad SMARTS) is 1. The molecule has 0 aliphatic carbocycles. The number of fused-ring (bicyclic) bond motifs is 2. The number of carbonyl (C=O) groups is 5. The van der Waals surface area contributed by atoms with Crippen LogP contribution in [0.1, 0.15) is 57.4 Å². The Morgan fingerprint density at radius 2 is 1.80 bits per heavy atom. The molecule has 0 radical (unpaired) electrons. The number of urea groups is 2. The molecule has 13 heteroatoms. The zero-order chi connectivity index (χ0) is 31.7. The number of amides is 6. The minimum atomic E-state index is -1.07. The van der Waals surface area contributed by atoms with Crippen molar-refractivity contribution in [1.82, 2.24) is 25.6 Å². The molecule has 232 valence electrons. The third-order valence-electron chi connectivity index (χ3n) is 8.72. The average Bonchev–Trinajstić information content (AvgIpc) is 3.33. The van der Waals surface area contributed by atoms with Crippen LogP contribution in [-0.2, 0) is 26.2 Å². The number of imide groups is 1.